The third-order valence-corrected chi connectivity index (χ3v) is 8.84. The molecule has 138 valence electrons. The molecule has 2 fully saturated rings. The summed E-state index contributed by atoms with van der Waals surface area (Å²) in [7, 11) is -3.16. The zero-order chi connectivity index (χ0) is 18.1. The first-order chi connectivity index (χ1) is 12.4. The van der Waals surface area contributed by atoms with E-state index < -0.39 is 10.0 Å². The zero-order valence-electron chi connectivity index (χ0n) is 14.3. The van der Waals surface area contributed by atoms with E-state index in [9.17, 15) is 8.42 Å². The zero-order valence-corrected chi connectivity index (χ0v) is 17.3. The summed E-state index contributed by atoms with van der Waals surface area (Å²) in [6, 6.07) is 2.24. The van der Waals surface area contributed by atoms with Crippen LogP contribution in [0.2, 0.25) is 0 Å². The highest BCUT2D eigenvalue weighted by Gasteiger charge is 2.41. The number of H-pyrrole nitrogens is 1. The van der Waals surface area contributed by atoms with Crippen LogP contribution in [0, 0.1) is 6.92 Å². The molecule has 9 heteroatoms. The van der Waals surface area contributed by atoms with Crippen molar-refractivity contribution in [2.45, 2.75) is 53.9 Å². The third kappa shape index (κ3) is 2.66. The van der Waals surface area contributed by atoms with Crippen LogP contribution < -0.4 is 4.72 Å². The van der Waals surface area contributed by atoms with Gasteiger partial charge >= 0.3 is 0 Å². The molecule has 0 spiro atoms. The van der Waals surface area contributed by atoms with E-state index in [1.807, 2.05) is 25.4 Å². The Bertz CT molecular complexity index is 1100. The molecule has 0 saturated heterocycles. The predicted octanol–water partition coefficient (Wildman–Crippen LogP) is 2.81. The lowest BCUT2D eigenvalue weighted by molar-refractivity contribution is 0.507. The molecular weight excluding hydrogens is 465 g/mol. The molecule has 2 aliphatic rings. The fourth-order valence-corrected chi connectivity index (χ4v) is 6.98. The van der Waals surface area contributed by atoms with Gasteiger partial charge in [0.1, 0.15) is 17.0 Å². The first kappa shape index (κ1) is 16.9. The van der Waals surface area contributed by atoms with E-state index in [1.165, 1.54) is 0 Å². The summed E-state index contributed by atoms with van der Waals surface area (Å²) in [6.45, 7) is 2.02. The average molecular weight is 485 g/mol. The monoisotopic (exact) mass is 485 g/mol. The summed E-state index contributed by atoms with van der Waals surface area (Å²) in [5, 5.41) is 0.893. The van der Waals surface area contributed by atoms with Gasteiger partial charge in [0, 0.05) is 27.6 Å². The van der Waals surface area contributed by atoms with Crippen molar-refractivity contribution in [1.82, 2.24) is 24.2 Å². The first-order valence-corrected chi connectivity index (χ1v) is 11.7. The van der Waals surface area contributed by atoms with Crippen LogP contribution in [0.5, 0.6) is 0 Å². The summed E-state index contributed by atoms with van der Waals surface area (Å²) in [4.78, 5) is 12.3. The van der Waals surface area contributed by atoms with Crippen LogP contribution in [0.1, 0.15) is 37.5 Å². The number of nitrogens with one attached hydrogen (secondary N) is 2. The SMILES string of the molecule is Cc1nc2cnc3[nH]ccc3c2n1[C@H]1CC(NS(=O)(=O)C2CC2)C[C@H]1I. The van der Waals surface area contributed by atoms with E-state index in [0.29, 0.717) is 3.92 Å². The van der Waals surface area contributed by atoms with Crippen molar-refractivity contribution in [2.75, 3.05) is 0 Å². The Morgan fingerprint density at radius 2 is 2.15 bits per heavy atom. The molecule has 3 aromatic rings. The van der Waals surface area contributed by atoms with Crippen LogP contribution >= 0.6 is 22.6 Å². The Kier molecular flexibility index (Phi) is 3.84. The summed E-state index contributed by atoms with van der Waals surface area (Å²) in [6.07, 6.45) is 6.93. The highest BCUT2D eigenvalue weighted by atomic mass is 127. The average Bonchev–Trinajstić information content (AvgIpc) is 3.12. The van der Waals surface area contributed by atoms with Gasteiger partial charge in [-0.15, -0.1) is 0 Å². The molecule has 3 aromatic heterocycles. The van der Waals surface area contributed by atoms with Crippen LogP contribution in [0.3, 0.4) is 0 Å². The van der Waals surface area contributed by atoms with Crippen LogP contribution in [0.4, 0.5) is 0 Å². The van der Waals surface area contributed by atoms with Crippen molar-refractivity contribution >= 4 is 54.7 Å². The fourth-order valence-electron chi connectivity index (χ4n) is 4.15. The van der Waals surface area contributed by atoms with Crippen LogP contribution in [0.15, 0.2) is 18.5 Å². The molecule has 7 nitrogen and oxygen atoms in total. The summed E-state index contributed by atoms with van der Waals surface area (Å²) in [5.41, 5.74) is 2.83. The molecule has 0 aromatic carbocycles. The quantitative estimate of drug-likeness (QED) is 0.439. The highest BCUT2D eigenvalue weighted by Crippen LogP contribution is 2.41. The van der Waals surface area contributed by atoms with Gasteiger partial charge in [0.2, 0.25) is 10.0 Å². The summed E-state index contributed by atoms with van der Waals surface area (Å²) < 4.78 is 30.2. The standard InChI is InChI=1S/C17H20IN5O2S/c1-9-21-14-8-20-17-12(4-5-19-17)16(14)23(9)15-7-10(6-13(15)18)22-26(24,25)11-2-3-11/h4-5,8,10-11,13,15,22H,2-3,6-7H2,1H3,(H,19,20)/t10?,13-,15+/m1/s1. The number of hydrogen-bond acceptors (Lipinski definition) is 4. The minimum atomic E-state index is -3.16. The van der Waals surface area contributed by atoms with Gasteiger partial charge in [-0.1, -0.05) is 22.6 Å². The van der Waals surface area contributed by atoms with Crippen molar-refractivity contribution in [3.8, 4) is 0 Å². The molecule has 2 saturated carbocycles. The number of aromatic nitrogens is 4. The molecule has 1 unspecified atom stereocenters. The van der Waals surface area contributed by atoms with E-state index in [4.69, 9.17) is 4.98 Å². The smallest absolute Gasteiger partial charge is 0.214 e. The number of hydrogen-bond donors (Lipinski definition) is 2. The predicted molar refractivity (Wildman–Crippen MR) is 109 cm³/mol. The van der Waals surface area contributed by atoms with Gasteiger partial charge in [-0.3, -0.25) is 0 Å². The second-order valence-electron chi connectivity index (χ2n) is 7.37. The topological polar surface area (TPSA) is 92.7 Å². The molecule has 0 bridgehead atoms. The Hall–Kier alpha value is -1.20. The van der Waals surface area contributed by atoms with Gasteiger partial charge in [0.15, 0.2) is 0 Å². The van der Waals surface area contributed by atoms with Gasteiger partial charge in [-0.2, -0.15) is 0 Å². The lowest BCUT2D eigenvalue weighted by Crippen LogP contribution is -2.35. The normalized spacial score (nSPS) is 26.9. The van der Waals surface area contributed by atoms with Crippen molar-refractivity contribution < 1.29 is 8.42 Å². The van der Waals surface area contributed by atoms with Crippen LogP contribution in [-0.2, 0) is 10.0 Å². The fraction of sp³-hybridized carbons (Fsp3) is 0.529. The van der Waals surface area contributed by atoms with Crippen LogP contribution in [0.25, 0.3) is 22.1 Å². The molecule has 2 N–H and O–H groups in total. The molecule has 0 amide bonds. The van der Waals surface area contributed by atoms with Crippen molar-refractivity contribution in [2.24, 2.45) is 0 Å². The lowest BCUT2D eigenvalue weighted by Gasteiger charge is -2.19. The molecule has 3 heterocycles. The maximum absolute atomic E-state index is 12.3. The first-order valence-electron chi connectivity index (χ1n) is 8.90. The maximum atomic E-state index is 12.3. The number of nitrogens with zero attached hydrogens (tertiary/aromatic N) is 3. The Morgan fingerprint density at radius 1 is 1.35 bits per heavy atom. The molecule has 3 atom stereocenters. The Balaban J connectivity index is 1.53. The maximum Gasteiger partial charge on any atom is 0.214 e. The van der Waals surface area contributed by atoms with Gasteiger partial charge < -0.3 is 9.55 Å². The van der Waals surface area contributed by atoms with E-state index in [1.54, 1.807) is 0 Å². The molecule has 2 aliphatic carbocycles. The number of halogens is 1. The minimum Gasteiger partial charge on any atom is -0.346 e. The Labute approximate surface area is 165 Å². The van der Waals surface area contributed by atoms with E-state index in [-0.39, 0.29) is 17.3 Å². The number of aryl methyl sites for hydroxylation is 1. The second-order valence-corrected chi connectivity index (χ2v) is 11.0. The number of pyridine rings is 1. The molecule has 5 rings (SSSR count). The van der Waals surface area contributed by atoms with Gasteiger partial charge in [0.05, 0.1) is 17.0 Å². The van der Waals surface area contributed by atoms with E-state index >= 15 is 0 Å². The summed E-state index contributed by atoms with van der Waals surface area (Å²) in [5.74, 6) is 0.952. The number of imidazole rings is 1. The van der Waals surface area contributed by atoms with E-state index in [2.05, 4.69) is 41.8 Å². The number of alkyl halides is 1. The molecule has 0 radical (unpaired) electrons. The van der Waals surface area contributed by atoms with Gasteiger partial charge in [-0.05, 0) is 38.7 Å². The highest BCUT2D eigenvalue weighted by molar-refractivity contribution is 14.1. The number of aromatic amines is 1. The largest absolute Gasteiger partial charge is 0.346 e. The van der Waals surface area contributed by atoms with Gasteiger partial charge in [0.25, 0.3) is 0 Å². The number of sulfonamides is 1. The minimum absolute atomic E-state index is 0.00657. The van der Waals surface area contributed by atoms with Gasteiger partial charge in [-0.25, -0.2) is 23.1 Å². The lowest BCUT2D eigenvalue weighted by atomic mass is 10.2. The summed E-state index contributed by atoms with van der Waals surface area (Å²) >= 11 is 2.46. The molecular formula is C17H20IN5O2S. The number of rotatable bonds is 4. The third-order valence-electron chi connectivity index (χ3n) is 5.49. The Morgan fingerprint density at radius 3 is 2.92 bits per heavy atom. The van der Waals surface area contributed by atoms with Crippen LogP contribution in [-0.4, -0.2) is 43.2 Å². The second kappa shape index (κ2) is 5.90. The molecule has 0 aliphatic heterocycles. The molecule has 26 heavy (non-hydrogen) atoms. The van der Waals surface area contributed by atoms with E-state index in [0.717, 1.165) is 53.6 Å². The number of fused-ring (bicyclic) bond motifs is 3. The van der Waals surface area contributed by atoms with Crippen molar-refractivity contribution in [3.05, 3.63) is 24.3 Å². The van der Waals surface area contributed by atoms with Crippen molar-refractivity contribution in [1.29, 1.82) is 0 Å². The van der Waals surface area contributed by atoms with Crippen molar-refractivity contribution in [3.63, 3.8) is 0 Å².